The number of nitrogen functional groups attached to an aromatic ring is 1. The van der Waals surface area contributed by atoms with Crippen molar-refractivity contribution in [1.82, 2.24) is 25.6 Å². The molecule has 140 valence electrons. The predicted molar refractivity (Wildman–Crippen MR) is 103 cm³/mol. The molecule has 3 heterocycles. The van der Waals surface area contributed by atoms with Gasteiger partial charge in [0, 0.05) is 12.7 Å². The van der Waals surface area contributed by atoms with E-state index in [0.717, 1.165) is 32.2 Å². The number of nitrogens with one attached hydrogen (secondary N) is 3. The molecular weight excluding hydrogens is 330 g/mol. The second-order valence-electron chi connectivity index (χ2n) is 7.10. The molecule has 2 aromatic rings. The van der Waals surface area contributed by atoms with Crippen LogP contribution in [0.3, 0.4) is 0 Å². The Kier molecular flexibility index (Phi) is 5.51. The molecule has 2 aromatic heterocycles. The van der Waals surface area contributed by atoms with E-state index in [0.29, 0.717) is 23.4 Å². The molecule has 1 aliphatic rings. The van der Waals surface area contributed by atoms with Crippen molar-refractivity contribution >= 4 is 28.7 Å². The first kappa shape index (κ1) is 18.3. The van der Waals surface area contributed by atoms with Crippen molar-refractivity contribution in [3.05, 3.63) is 18.3 Å². The third-order valence-electron chi connectivity index (χ3n) is 4.77. The van der Waals surface area contributed by atoms with E-state index in [1.54, 1.807) is 6.20 Å². The van der Waals surface area contributed by atoms with Crippen LogP contribution >= 0.6 is 0 Å². The van der Waals surface area contributed by atoms with Crippen molar-refractivity contribution < 1.29 is 4.79 Å². The van der Waals surface area contributed by atoms with E-state index in [-0.39, 0.29) is 23.4 Å². The normalized spacial score (nSPS) is 18.8. The van der Waals surface area contributed by atoms with Gasteiger partial charge in [-0.25, -0.2) is 4.98 Å². The summed E-state index contributed by atoms with van der Waals surface area (Å²) < 4.78 is 0. The Balaban J connectivity index is 1.80. The fourth-order valence-electron chi connectivity index (χ4n) is 3.04. The Hall–Kier alpha value is -2.48. The summed E-state index contributed by atoms with van der Waals surface area (Å²) in [6.07, 6.45) is 5.59. The molecule has 26 heavy (non-hydrogen) atoms. The monoisotopic (exact) mass is 357 g/mol. The molecule has 1 saturated heterocycles. The molecule has 0 bridgehead atoms. The van der Waals surface area contributed by atoms with Gasteiger partial charge in [-0.3, -0.25) is 9.78 Å². The Morgan fingerprint density at radius 3 is 2.96 bits per heavy atom. The van der Waals surface area contributed by atoms with Gasteiger partial charge in [0.15, 0.2) is 5.82 Å². The summed E-state index contributed by atoms with van der Waals surface area (Å²) in [7, 11) is 0. The van der Waals surface area contributed by atoms with Crippen LogP contribution in [0.25, 0.3) is 11.0 Å². The minimum atomic E-state index is -0.360. The molecule has 0 radical (unpaired) electrons. The number of carbonyl (C=O) groups is 1. The molecule has 0 spiro atoms. The third kappa shape index (κ3) is 4.19. The molecule has 1 fully saturated rings. The minimum absolute atomic E-state index is 0.0472. The van der Waals surface area contributed by atoms with Crippen LogP contribution in [0.1, 0.15) is 39.5 Å². The fraction of sp³-hybridized carbons (Fsp3) is 0.556. The number of hydrogen-bond acceptors (Lipinski definition) is 7. The van der Waals surface area contributed by atoms with Gasteiger partial charge in [0.2, 0.25) is 11.9 Å². The number of anilines is 2. The van der Waals surface area contributed by atoms with E-state index in [9.17, 15) is 4.79 Å². The number of hydrogen-bond donors (Lipinski definition) is 4. The van der Waals surface area contributed by atoms with Crippen LogP contribution in [0.5, 0.6) is 0 Å². The molecule has 3 rings (SSSR count). The van der Waals surface area contributed by atoms with Gasteiger partial charge in [0.1, 0.15) is 5.52 Å². The van der Waals surface area contributed by atoms with Crippen LogP contribution in [-0.2, 0) is 4.79 Å². The number of nitrogens with two attached hydrogens (primary N) is 1. The van der Waals surface area contributed by atoms with Crippen LogP contribution in [0.2, 0.25) is 0 Å². The molecule has 8 nitrogen and oxygen atoms in total. The summed E-state index contributed by atoms with van der Waals surface area (Å²) in [6.45, 7) is 5.64. The SMILES string of the molecule is CCCCC(C)(CNC(=O)C1CCN1)Nc1nc(N)nc2cccnc12. The fourth-order valence-corrected chi connectivity index (χ4v) is 3.04. The summed E-state index contributed by atoms with van der Waals surface area (Å²) >= 11 is 0. The van der Waals surface area contributed by atoms with E-state index in [4.69, 9.17) is 5.73 Å². The number of amides is 1. The Labute approximate surface area is 153 Å². The lowest BCUT2D eigenvalue weighted by Crippen LogP contribution is -2.56. The molecule has 5 N–H and O–H groups in total. The molecule has 2 atom stereocenters. The maximum absolute atomic E-state index is 12.2. The van der Waals surface area contributed by atoms with Crippen molar-refractivity contribution in [2.24, 2.45) is 0 Å². The average molecular weight is 357 g/mol. The Bertz CT molecular complexity index is 777. The zero-order chi connectivity index (χ0) is 18.6. The van der Waals surface area contributed by atoms with Crippen molar-refractivity contribution in [3.63, 3.8) is 0 Å². The first-order valence-corrected chi connectivity index (χ1v) is 9.18. The second kappa shape index (κ2) is 7.82. The van der Waals surface area contributed by atoms with Gasteiger partial charge >= 0.3 is 0 Å². The van der Waals surface area contributed by atoms with Gasteiger partial charge in [-0.2, -0.15) is 4.98 Å². The van der Waals surface area contributed by atoms with Gasteiger partial charge in [0.05, 0.1) is 17.1 Å². The Morgan fingerprint density at radius 1 is 1.46 bits per heavy atom. The van der Waals surface area contributed by atoms with Gasteiger partial charge in [-0.15, -0.1) is 0 Å². The number of rotatable bonds is 8. The predicted octanol–water partition coefficient (Wildman–Crippen LogP) is 1.45. The van der Waals surface area contributed by atoms with E-state index in [2.05, 4.69) is 44.7 Å². The summed E-state index contributed by atoms with van der Waals surface area (Å²) in [6, 6.07) is 3.61. The topological polar surface area (TPSA) is 118 Å². The average Bonchev–Trinajstić information content (AvgIpc) is 2.57. The molecule has 0 aliphatic carbocycles. The molecule has 1 aliphatic heterocycles. The number of fused-ring (bicyclic) bond motifs is 1. The van der Waals surface area contributed by atoms with Gasteiger partial charge in [0.25, 0.3) is 0 Å². The third-order valence-corrected chi connectivity index (χ3v) is 4.77. The molecule has 2 unspecified atom stereocenters. The lowest BCUT2D eigenvalue weighted by molar-refractivity contribution is -0.124. The molecular formula is C18H27N7O. The van der Waals surface area contributed by atoms with Crippen LogP contribution in [0.4, 0.5) is 11.8 Å². The molecule has 0 saturated carbocycles. The smallest absolute Gasteiger partial charge is 0.237 e. The Morgan fingerprint density at radius 2 is 2.27 bits per heavy atom. The quantitative estimate of drug-likeness (QED) is 0.565. The highest BCUT2D eigenvalue weighted by atomic mass is 16.2. The minimum Gasteiger partial charge on any atom is -0.368 e. The second-order valence-corrected chi connectivity index (χ2v) is 7.10. The number of pyridine rings is 1. The standard InChI is InChI=1S/C18H27N7O/c1-3-4-8-18(2,11-22-16(26)13-7-10-20-13)25-15-14-12(6-5-9-21-14)23-17(19)24-15/h5-6,9,13,20H,3-4,7-8,10-11H2,1-2H3,(H,22,26)(H3,19,23,24,25). The molecule has 1 amide bonds. The summed E-state index contributed by atoms with van der Waals surface area (Å²) in [5, 5.41) is 9.66. The van der Waals surface area contributed by atoms with Gasteiger partial charge < -0.3 is 21.7 Å². The lowest BCUT2D eigenvalue weighted by atomic mass is 9.94. The number of aromatic nitrogens is 3. The zero-order valence-corrected chi connectivity index (χ0v) is 15.4. The molecule has 0 aromatic carbocycles. The van der Waals surface area contributed by atoms with Crippen molar-refractivity contribution in [2.45, 2.75) is 51.1 Å². The summed E-state index contributed by atoms with van der Waals surface area (Å²) in [5.41, 5.74) is 6.88. The highest BCUT2D eigenvalue weighted by Crippen LogP contribution is 2.25. The van der Waals surface area contributed by atoms with Crippen molar-refractivity contribution in [2.75, 3.05) is 24.1 Å². The molecule has 8 heteroatoms. The van der Waals surface area contributed by atoms with Crippen molar-refractivity contribution in [1.29, 1.82) is 0 Å². The lowest BCUT2D eigenvalue weighted by Gasteiger charge is -2.34. The largest absolute Gasteiger partial charge is 0.368 e. The number of nitrogens with zero attached hydrogens (tertiary/aromatic N) is 3. The van der Waals surface area contributed by atoms with Crippen LogP contribution in [0, 0.1) is 0 Å². The van der Waals surface area contributed by atoms with Crippen LogP contribution < -0.4 is 21.7 Å². The van der Waals surface area contributed by atoms with E-state index < -0.39 is 0 Å². The van der Waals surface area contributed by atoms with E-state index >= 15 is 0 Å². The van der Waals surface area contributed by atoms with Gasteiger partial charge in [-0.1, -0.05) is 19.8 Å². The van der Waals surface area contributed by atoms with Gasteiger partial charge in [-0.05, 0) is 38.4 Å². The van der Waals surface area contributed by atoms with E-state index in [1.165, 1.54) is 0 Å². The van der Waals surface area contributed by atoms with Crippen molar-refractivity contribution in [3.8, 4) is 0 Å². The van der Waals surface area contributed by atoms with E-state index in [1.807, 2.05) is 12.1 Å². The summed E-state index contributed by atoms with van der Waals surface area (Å²) in [5.74, 6) is 0.849. The maximum Gasteiger partial charge on any atom is 0.237 e. The highest BCUT2D eigenvalue weighted by Gasteiger charge is 2.29. The first-order chi connectivity index (χ1) is 12.5. The number of unbranched alkanes of at least 4 members (excludes halogenated alkanes) is 1. The van der Waals surface area contributed by atoms with Crippen LogP contribution in [0.15, 0.2) is 18.3 Å². The van der Waals surface area contributed by atoms with Crippen LogP contribution in [-0.4, -0.2) is 45.5 Å². The zero-order valence-electron chi connectivity index (χ0n) is 15.4. The number of carbonyl (C=O) groups excluding carboxylic acids is 1. The maximum atomic E-state index is 12.2. The first-order valence-electron chi connectivity index (χ1n) is 9.18. The summed E-state index contributed by atoms with van der Waals surface area (Å²) in [4.78, 5) is 25.2. The highest BCUT2D eigenvalue weighted by molar-refractivity contribution is 5.86.